The van der Waals surface area contributed by atoms with Crippen LogP contribution in [0.25, 0.3) is 11.4 Å². The first-order chi connectivity index (χ1) is 13.5. The molecule has 148 valence electrons. The first kappa shape index (κ1) is 19.3. The van der Waals surface area contributed by atoms with Gasteiger partial charge in [-0.25, -0.2) is 9.78 Å². The van der Waals surface area contributed by atoms with Gasteiger partial charge in [-0.1, -0.05) is 5.16 Å². The number of ether oxygens (including phenoxy) is 1. The van der Waals surface area contributed by atoms with Gasteiger partial charge in [0.25, 0.3) is 0 Å². The lowest BCUT2D eigenvalue weighted by Gasteiger charge is -2.31. The molecule has 3 rings (SSSR count). The van der Waals surface area contributed by atoms with Crippen LogP contribution in [-0.4, -0.2) is 69.0 Å². The van der Waals surface area contributed by atoms with Crippen molar-refractivity contribution < 1.29 is 23.6 Å². The molecule has 0 aromatic carbocycles. The number of urea groups is 1. The molecule has 0 bridgehead atoms. The first-order valence-electron chi connectivity index (χ1n) is 8.83. The van der Waals surface area contributed by atoms with E-state index in [4.69, 9.17) is 9.26 Å². The van der Waals surface area contributed by atoms with E-state index >= 15 is 0 Å². The third-order valence-corrected chi connectivity index (χ3v) is 4.08. The summed E-state index contributed by atoms with van der Waals surface area (Å²) < 4.78 is 10.4. The van der Waals surface area contributed by atoms with E-state index in [-0.39, 0.29) is 19.0 Å². The van der Waals surface area contributed by atoms with E-state index in [0.717, 1.165) is 4.90 Å². The highest BCUT2D eigenvalue weighted by Crippen LogP contribution is 2.17. The highest BCUT2D eigenvalue weighted by atomic mass is 16.5. The molecule has 1 aliphatic heterocycles. The Morgan fingerprint density at radius 2 is 2.07 bits per heavy atom. The Bertz CT molecular complexity index is 865. The molecule has 0 radical (unpaired) electrons. The molecule has 1 fully saturated rings. The van der Waals surface area contributed by atoms with Crippen molar-refractivity contribution >= 4 is 17.8 Å². The van der Waals surface area contributed by atoms with Crippen LogP contribution in [0.1, 0.15) is 19.7 Å². The van der Waals surface area contributed by atoms with Crippen LogP contribution in [-0.2, 0) is 16.1 Å². The molecule has 11 heteroatoms. The summed E-state index contributed by atoms with van der Waals surface area (Å²) in [5.74, 6) is -0.584. The summed E-state index contributed by atoms with van der Waals surface area (Å²) in [6.45, 7) is 4.94. The average molecular weight is 388 g/mol. The van der Waals surface area contributed by atoms with Crippen molar-refractivity contribution in [2.24, 2.45) is 0 Å². The standard InChI is InChI=1S/C17H20N6O5/c1-3-22-7-8-23(16(25)15(22)24)17(26)19-10-13-20-14(21-28-13)11-5-6-12(18-9-11)27-4-2/h5-6,9H,3-4,7-8,10H2,1-2H3,(H,19,26). The topological polar surface area (TPSA) is 131 Å². The second-order valence-electron chi connectivity index (χ2n) is 5.83. The number of amides is 4. The van der Waals surface area contributed by atoms with E-state index in [1.54, 1.807) is 25.3 Å². The molecule has 0 saturated carbocycles. The van der Waals surface area contributed by atoms with Crippen molar-refractivity contribution in [3.8, 4) is 17.3 Å². The monoisotopic (exact) mass is 388 g/mol. The van der Waals surface area contributed by atoms with Gasteiger partial charge in [-0.2, -0.15) is 4.98 Å². The van der Waals surface area contributed by atoms with Crippen LogP contribution in [0.2, 0.25) is 0 Å². The van der Waals surface area contributed by atoms with E-state index in [0.29, 0.717) is 37.0 Å². The summed E-state index contributed by atoms with van der Waals surface area (Å²) in [7, 11) is 0. The molecule has 1 saturated heterocycles. The number of imide groups is 1. The van der Waals surface area contributed by atoms with Crippen LogP contribution in [0.3, 0.4) is 0 Å². The molecule has 3 heterocycles. The van der Waals surface area contributed by atoms with Crippen molar-refractivity contribution in [2.45, 2.75) is 20.4 Å². The van der Waals surface area contributed by atoms with E-state index in [1.165, 1.54) is 4.90 Å². The molecule has 1 aliphatic rings. The van der Waals surface area contributed by atoms with E-state index < -0.39 is 17.8 Å². The van der Waals surface area contributed by atoms with Gasteiger partial charge in [0.2, 0.25) is 17.6 Å². The normalized spacial score (nSPS) is 14.4. The molecule has 0 atom stereocenters. The Balaban J connectivity index is 1.57. The Labute approximate surface area is 160 Å². The third-order valence-electron chi connectivity index (χ3n) is 4.08. The van der Waals surface area contributed by atoms with Crippen LogP contribution in [0.4, 0.5) is 4.79 Å². The van der Waals surface area contributed by atoms with Crippen molar-refractivity contribution in [1.29, 1.82) is 0 Å². The van der Waals surface area contributed by atoms with Gasteiger partial charge < -0.3 is 19.5 Å². The Hall–Kier alpha value is -3.50. The quantitative estimate of drug-likeness (QED) is 0.705. The summed E-state index contributed by atoms with van der Waals surface area (Å²) >= 11 is 0. The molecule has 2 aromatic heterocycles. The van der Waals surface area contributed by atoms with Gasteiger partial charge >= 0.3 is 17.8 Å². The number of nitrogens with one attached hydrogen (secondary N) is 1. The SMILES string of the molecule is CCOc1ccc(-c2noc(CNC(=O)N3CCN(CC)C(=O)C3=O)n2)cn1. The smallest absolute Gasteiger partial charge is 0.325 e. The zero-order chi connectivity index (χ0) is 20.1. The van der Waals surface area contributed by atoms with Gasteiger partial charge in [-0.3, -0.25) is 14.5 Å². The highest BCUT2D eigenvalue weighted by Gasteiger charge is 2.35. The summed E-state index contributed by atoms with van der Waals surface area (Å²) in [5.41, 5.74) is 0.626. The number of pyridine rings is 1. The summed E-state index contributed by atoms with van der Waals surface area (Å²) in [6.07, 6.45) is 1.55. The molecule has 28 heavy (non-hydrogen) atoms. The van der Waals surface area contributed by atoms with Crippen molar-refractivity contribution in [2.75, 3.05) is 26.2 Å². The van der Waals surface area contributed by atoms with Crippen LogP contribution in [0.15, 0.2) is 22.9 Å². The number of carbonyl (C=O) groups is 3. The van der Waals surface area contributed by atoms with E-state index in [1.807, 2.05) is 6.92 Å². The fraction of sp³-hybridized carbons (Fsp3) is 0.412. The number of piperazine rings is 1. The molecule has 0 unspecified atom stereocenters. The number of likely N-dealkylation sites (N-methyl/N-ethyl adjacent to an activating group) is 1. The predicted molar refractivity (Wildman–Crippen MR) is 94.9 cm³/mol. The second-order valence-corrected chi connectivity index (χ2v) is 5.83. The molecular formula is C17H20N6O5. The van der Waals surface area contributed by atoms with Crippen LogP contribution < -0.4 is 10.1 Å². The number of hydrogen-bond donors (Lipinski definition) is 1. The number of aromatic nitrogens is 3. The number of carbonyl (C=O) groups excluding carboxylic acids is 3. The van der Waals surface area contributed by atoms with Crippen LogP contribution in [0, 0.1) is 0 Å². The molecule has 4 amide bonds. The summed E-state index contributed by atoms with van der Waals surface area (Å²) in [4.78, 5) is 46.7. The van der Waals surface area contributed by atoms with Gasteiger partial charge in [-0.05, 0) is 19.9 Å². The largest absolute Gasteiger partial charge is 0.478 e. The number of hydrogen-bond acceptors (Lipinski definition) is 8. The second kappa shape index (κ2) is 8.46. The van der Waals surface area contributed by atoms with Gasteiger partial charge in [0.1, 0.15) is 0 Å². The maximum atomic E-state index is 12.2. The van der Waals surface area contributed by atoms with Crippen molar-refractivity contribution in [3.63, 3.8) is 0 Å². The summed E-state index contributed by atoms with van der Waals surface area (Å²) in [6, 6.07) is 2.74. The van der Waals surface area contributed by atoms with Gasteiger partial charge in [0.05, 0.1) is 13.2 Å². The van der Waals surface area contributed by atoms with Crippen LogP contribution in [0.5, 0.6) is 5.88 Å². The first-order valence-corrected chi connectivity index (χ1v) is 8.83. The van der Waals surface area contributed by atoms with Crippen LogP contribution >= 0.6 is 0 Å². The summed E-state index contributed by atoms with van der Waals surface area (Å²) in [5, 5.41) is 6.35. The van der Waals surface area contributed by atoms with Gasteiger partial charge in [-0.15, -0.1) is 0 Å². The minimum atomic E-state index is -0.850. The number of nitrogens with zero attached hydrogens (tertiary/aromatic N) is 5. The highest BCUT2D eigenvalue weighted by molar-refractivity contribution is 6.38. The fourth-order valence-electron chi connectivity index (χ4n) is 2.61. The molecule has 1 N–H and O–H groups in total. The lowest BCUT2D eigenvalue weighted by Crippen LogP contribution is -2.58. The Morgan fingerprint density at radius 3 is 2.75 bits per heavy atom. The third kappa shape index (κ3) is 4.08. The molecule has 11 nitrogen and oxygen atoms in total. The lowest BCUT2D eigenvalue weighted by molar-refractivity contribution is -0.153. The Morgan fingerprint density at radius 1 is 1.25 bits per heavy atom. The maximum absolute atomic E-state index is 12.2. The van der Waals surface area contributed by atoms with E-state index in [2.05, 4.69) is 20.4 Å². The van der Waals surface area contributed by atoms with Crippen molar-refractivity contribution in [3.05, 3.63) is 24.2 Å². The zero-order valence-corrected chi connectivity index (χ0v) is 15.5. The number of rotatable bonds is 6. The van der Waals surface area contributed by atoms with Gasteiger partial charge in [0.15, 0.2) is 0 Å². The molecular weight excluding hydrogens is 368 g/mol. The predicted octanol–water partition coefficient (Wildman–Crippen LogP) is 0.431. The molecule has 0 aliphatic carbocycles. The fourth-order valence-corrected chi connectivity index (χ4v) is 2.61. The zero-order valence-electron chi connectivity index (χ0n) is 15.5. The minimum absolute atomic E-state index is 0.0776. The maximum Gasteiger partial charge on any atom is 0.325 e. The van der Waals surface area contributed by atoms with E-state index in [9.17, 15) is 14.4 Å². The average Bonchev–Trinajstić information content (AvgIpc) is 3.18. The molecule has 0 spiro atoms. The Kier molecular flexibility index (Phi) is 5.82. The van der Waals surface area contributed by atoms with Gasteiger partial charge in [0, 0.05) is 37.5 Å². The lowest BCUT2D eigenvalue weighted by atomic mass is 10.3. The molecule has 2 aromatic rings. The van der Waals surface area contributed by atoms with Crippen molar-refractivity contribution in [1.82, 2.24) is 30.2 Å². The minimum Gasteiger partial charge on any atom is -0.478 e.